The van der Waals surface area contributed by atoms with E-state index < -0.39 is 0 Å². The van der Waals surface area contributed by atoms with Crippen LogP contribution in [0.1, 0.15) is 31.2 Å². The van der Waals surface area contributed by atoms with Crippen molar-refractivity contribution < 1.29 is 0 Å². The molecule has 2 aromatic rings. The van der Waals surface area contributed by atoms with Crippen LogP contribution in [0.3, 0.4) is 0 Å². The summed E-state index contributed by atoms with van der Waals surface area (Å²) >= 11 is 0. The SMILES string of the molecule is N#CC1(c2cccc3ccccc23)CCCC1. The molecule has 0 spiro atoms. The molecule has 0 N–H and O–H groups in total. The summed E-state index contributed by atoms with van der Waals surface area (Å²) in [5.74, 6) is 0. The van der Waals surface area contributed by atoms with Gasteiger partial charge in [-0.1, -0.05) is 55.3 Å². The maximum absolute atomic E-state index is 9.58. The van der Waals surface area contributed by atoms with E-state index in [0.29, 0.717) is 0 Å². The summed E-state index contributed by atoms with van der Waals surface area (Å²) in [6, 6.07) is 17.3. The number of hydrogen-bond donors (Lipinski definition) is 0. The van der Waals surface area contributed by atoms with Crippen molar-refractivity contribution in [2.24, 2.45) is 0 Å². The number of nitriles is 1. The Bertz CT molecular complexity index is 580. The Balaban J connectivity index is 2.27. The van der Waals surface area contributed by atoms with Crippen LogP contribution in [-0.4, -0.2) is 0 Å². The molecule has 0 heterocycles. The van der Waals surface area contributed by atoms with E-state index in [1.165, 1.54) is 29.2 Å². The molecule has 1 aliphatic rings. The molecule has 0 unspecified atom stereocenters. The van der Waals surface area contributed by atoms with Crippen molar-refractivity contribution in [2.45, 2.75) is 31.1 Å². The van der Waals surface area contributed by atoms with Gasteiger partial charge in [-0.25, -0.2) is 0 Å². The van der Waals surface area contributed by atoms with Crippen molar-refractivity contribution in [3.8, 4) is 6.07 Å². The van der Waals surface area contributed by atoms with E-state index in [4.69, 9.17) is 0 Å². The van der Waals surface area contributed by atoms with E-state index in [1.807, 2.05) is 0 Å². The lowest BCUT2D eigenvalue weighted by Crippen LogP contribution is -2.19. The van der Waals surface area contributed by atoms with Gasteiger partial charge in [0.15, 0.2) is 0 Å². The van der Waals surface area contributed by atoms with Gasteiger partial charge in [-0.3, -0.25) is 0 Å². The molecular weight excluding hydrogens is 206 g/mol. The third-order valence-corrected chi connectivity index (χ3v) is 3.98. The van der Waals surface area contributed by atoms with Crippen LogP contribution < -0.4 is 0 Å². The first kappa shape index (κ1) is 10.4. The molecule has 1 fully saturated rings. The van der Waals surface area contributed by atoms with Gasteiger partial charge >= 0.3 is 0 Å². The smallest absolute Gasteiger partial charge is 0.0828 e. The molecule has 0 amide bonds. The Morgan fingerprint density at radius 2 is 1.65 bits per heavy atom. The molecule has 1 saturated carbocycles. The van der Waals surface area contributed by atoms with E-state index in [9.17, 15) is 5.26 Å². The number of nitrogens with zero attached hydrogens (tertiary/aromatic N) is 1. The summed E-state index contributed by atoms with van der Waals surface area (Å²) in [4.78, 5) is 0. The van der Waals surface area contributed by atoms with Crippen molar-refractivity contribution >= 4 is 10.8 Å². The normalized spacial score (nSPS) is 18.1. The van der Waals surface area contributed by atoms with Gasteiger partial charge in [0.2, 0.25) is 0 Å². The van der Waals surface area contributed by atoms with Crippen LogP contribution in [0.25, 0.3) is 10.8 Å². The van der Waals surface area contributed by atoms with Gasteiger partial charge < -0.3 is 0 Å². The minimum atomic E-state index is -0.235. The Morgan fingerprint density at radius 1 is 0.941 bits per heavy atom. The minimum absolute atomic E-state index is 0.235. The van der Waals surface area contributed by atoms with Gasteiger partial charge in [0.05, 0.1) is 11.5 Å². The van der Waals surface area contributed by atoms with Crippen molar-refractivity contribution in [3.63, 3.8) is 0 Å². The Labute approximate surface area is 102 Å². The molecule has 0 aromatic heterocycles. The van der Waals surface area contributed by atoms with Gasteiger partial charge in [-0.15, -0.1) is 0 Å². The zero-order valence-corrected chi connectivity index (χ0v) is 9.82. The van der Waals surface area contributed by atoms with Gasteiger partial charge in [0, 0.05) is 0 Å². The highest BCUT2D eigenvalue weighted by Crippen LogP contribution is 2.43. The molecule has 1 nitrogen and oxygen atoms in total. The Hall–Kier alpha value is -1.81. The van der Waals surface area contributed by atoms with Crippen LogP contribution in [0, 0.1) is 11.3 Å². The summed E-state index contributed by atoms with van der Waals surface area (Å²) in [5, 5.41) is 12.1. The average molecular weight is 221 g/mol. The maximum atomic E-state index is 9.58. The van der Waals surface area contributed by atoms with Crippen LogP contribution in [0.15, 0.2) is 42.5 Å². The first-order valence-corrected chi connectivity index (χ1v) is 6.25. The van der Waals surface area contributed by atoms with E-state index in [2.05, 4.69) is 48.5 Å². The number of hydrogen-bond acceptors (Lipinski definition) is 1. The van der Waals surface area contributed by atoms with E-state index >= 15 is 0 Å². The number of fused-ring (bicyclic) bond motifs is 1. The molecular formula is C16H15N. The lowest BCUT2D eigenvalue weighted by atomic mass is 9.78. The van der Waals surface area contributed by atoms with E-state index in [-0.39, 0.29) is 5.41 Å². The summed E-state index contributed by atoms with van der Waals surface area (Å²) < 4.78 is 0. The Morgan fingerprint density at radius 3 is 2.41 bits per heavy atom. The first-order valence-electron chi connectivity index (χ1n) is 6.25. The van der Waals surface area contributed by atoms with Crippen LogP contribution in [0.5, 0.6) is 0 Å². The topological polar surface area (TPSA) is 23.8 Å². The second-order valence-corrected chi connectivity index (χ2v) is 4.93. The molecule has 1 aliphatic carbocycles. The summed E-state index contributed by atoms with van der Waals surface area (Å²) in [7, 11) is 0. The molecule has 0 saturated heterocycles. The van der Waals surface area contributed by atoms with Gasteiger partial charge in [-0.05, 0) is 29.2 Å². The molecule has 3 rings (SSSR count). The van der Waals surface area contributed by atoms with Gasteiger partial charge in [0.1, 0.15) is 0 Å². The predicted octanol–water partition coefficient (Wildman–Crippen LogP) is 4.18. The van der Waals surface area contributed by atoms with E-state index in [1.54, 1.807) is 0 Å². The van der Waals surface area contributed by atoms with Crippen LogP contribution >= 0.6 is 0 Å². The summed E-state index contributed by atoms with van der Waals surface area (Å²) in [5.41, 5.74) is 0.997. The highest BCUT2D eigenvalue weighted by Gasteiger charge is 2.36. The highest BCUT2D eigenvalue weighted by molar-refractivity contribution is 5.87. The van der Waals surface area contributed by atoms with Crippen molar-refractivity contribution in [1.82, 2.24) is 0 Å². The van der Waals surface area contributed by atoms with Crippen molar-refractivity contribution in [1.29, 1.82) is 5.26 Å². The largest absolute Gasteiger partial charge is 0.197 e. The van der Waals surface area contributed by atoms with Gasteiger partial charge in [-0.2, -0.15) is 5.26 Å². The number of rotatable bonds is 1. The molecule has 84 valence electrons. The lowest BCUT2D eigenvalue weighted by molar-refractivity contribution is 0.578. The Kier molecular flexibility index (Phi) is 2.37. The molecule has 0 radical (unpaired) electrons. The minimum Gasteiger partial charge on any atom is -0.197 e. The van der Waals surface area contributed by atoms with Crippen molar-refractivity contribution in [3.05, 3.63) is 48.0 Å². The second kappa shape index (κ2) is 3.89. The van der Waals surface area contributed by atoms with Crippen LogP contribution in [0.2, 0.25) is 0 Å². The fraction of sp³-hybridized carbons (Fsp3) is 0.312. The van der Waals surface area contributed by atoms with Crippen LogP contribution in [-0.2, 0) is 5.41 Å². The highest BCUT2D eigenvalue weighted by atomic mass is 14.4. The fourth-order valence-electron chi connectivity index (χ4n) is 3.06. The summed E-state index contributed by atoms with van der Waals surface area (Å²) in [6.07, 6.45) is 4.38. The number of benzene rings is 2. The maximum Gasteiger partial charge on any atom is 0.0828 e. The quantitative estimate of drug-likeness (QED) is 0.708. The van der Waals surface area contributed by atoms with Gasteiger partial charge in [0.25, 0.3) is 0 Å². The molecule has 0 atom stereocenters. The lowest BCUT2D eigenvalue weighted by Gasteiger charge is -2.22. The second-order valence-electron chi connectivity index (χ2n) is 4.93. The first-order chi connectivity index (χ1) is 8.36. The monoisotopic (exact) mass is 221 g/mol. The zero-order chi connectivity index (χ0) is 11.7. The predicted molar refractivity (Wildman–Crippen MR) is 69.7 cm³/mol. The zero-order valence-electron chi connectivity index (χ0n) is 9.82. The standard InChI is InChI=1S/C16H15N/c17-12-16(10-3-4-11-16)15-9-5-7-13-6-1-2-8-14(13)15/h1-2,5-9H,3-4,10-11H2. The molecule has 2 aromatic carbocycles. The third-order valence-electron chi connectivity index (χ3n) is 3.98. The average Bonchev–Trinajstić information content (AvgIpc) is 2.88. The summed E-state index contributed by atoms with van der Waals surface area (Å²) in [6.45, 7) is 0. The molecule has 17 heavy (non-hydrogen) atoms. The van der Waals surface area contributed by atoms with E-state index in [0.717, 1.165) is 12.8 Å². The molecule has 0 bridgehead atoms. The molecule has 0 aliphatic heterocycles. The fourth-order valence-corrected chi connectivity index (χ4v) is 3.06. The van der Waals surface area contributed by atoms with Crippen molar-refractivity contribution in [2.75, 3.05) is 0 Å². The van der Waals surface area contributed by atoms with Crippen LogP contribution in [0.4, 0.5) is 0 Å². The third kappa shape index (κ3) is 1.52. The molecule has 1 heteroatoms.